The van der Waals surface area contributed by atoms with Gasteiger partial charge in [-0.05, 0) is 31.4 Å². The van der Waals surface area contributed by atoms with Crippen LogP contribution in [0.25, 0.3) is 0 Å². The van der Waals surface area contributed by atoms with Gasteiger partial charge in [-0.1, -0.05) is 31.4 Å². The summed E-state index contributed by atoms with van der Waals surface area (Å²) in [6.07, 6.45) is 4.43. The fourth-order valence-electron chi connectivity index (χ4n) is 2.78. The van der Waals surface area contributed by atoms with Crippen LogP contribution in [-0.4, -0.2) is 25.3 Å². The molecule has 0 aliphatic carbocycles. The van der Waals surface area contributed by atoms with Gasteiger partial charge >= 0.3 is 0 Å². The topological polar surface area (TPSA) is 63.4 Å². The van der Waals surface area contributed by atoms with Crippen molar-refractivity contribution < 1.29 is 12.8 Å². The molecule has 4 nitrogen and oxygen atoms in total. The lowest BCUT2D eigenvalue weighted by molar-refractivity contribution is 0.239. The lowest BCUT2D eigenvalue weighted by Crippen LogP contribution is -2.43. The van der Waals surface area contributed by atoms with Gasteiger partial charge < -0.3 is 5.73 Å². The normalized spacial score (nSPS) is 20.6. The second-order valence-electron chi connectivity index (χ2n) is 5.36. The van der Waals surface area contributed by atoms with E-state index in [4.69, 9.17) is 17.3 Å². The number of nitrogens with zero attached hydrogens (tertiary/aromatic N) is 1. The van der Waals surface area contributed by atoms with Crippen molar-refractivity contribution in [2.75, 3.05) is 12.3 Å². The van der Waals surface area contributed by atoms with E-state index in [2.05, 4.69) is 0 Å². The number of hydrogen-bond donors (Lipinski definition) is 1. The van der Waals surface area contributed by atoms with Crippen molar-refractivity contribution in [1.82, 2.24) is 4.31 Å². The van der Waals surface area contributed by atoms with E-state index >= 15 is 0 Å². The molecule has 0 radical (unpaired) electrons. The number of nitrogens with two attached hydrogens (primary N) is 1. The zero-order valence-corrected chi connectivity index (χ0v) is 13.6. The number of anilines is 1. The second-order valence-corrected chi connectivity index (χ2v) is 7.62. The molecule has 1 fully saturated rings. The lowest BCUT2D eigenvalue weighted by atomic mass is 10.0. The van der Waals surface area contributed by atoms with Crippen LogP contribution in [0.4, 0.5) is 10.1 Å². The first-order chi connectivity index (χ1) is 9.87. The summed E-state index contributed by atoms with van der Waals surface area (Å²) in [5, 5.41) is -0.123. The third-order valence-electron chi connectivity index (χ3n) is 3.83. The number of sulfonamides is 1. The Balaban J connectivity index is 2.43. The van der Waals surface area contributed by atoms with Gasteiger partial charge in [-0.3, -0.25) is 0 Å². The number of nitrogen functional groups attached to an aromatic ring is 1. The molecule has 1 aromatic rings. The summed E-state index contributed by atoms with van der Waals surface area (Å²) in [6, 6.07) is 2.06. The summed E-state index contributed by atoms with van der Waals surface area (Å²) in [5.74, 6) is -0.706. The SMILES string of the molecule is CCCC1CCCCN1S(=O)(=O)c1cc(N)c(F)cc1Cl. The van der Waals surface area contributed by atoms with Gasteiger partial charge in [-0.2, -0.15) is 4.31 Å². The third kappa shape index (κ3) is 3.33. The summed E-state index contributed by atoms with van der Waals surface area (Å²) in [6.45, 7) is 2.50. The zero-order chi connectivity index (χ0) is 15.6. The Morgan fingerprint density at radius 2 is 2.14 bits per heavy atom. The molecule has 0 saturated carbocycles. The summed E-state index contributed by atoms with van der Waals surface area (Å²) in [5.41, 5.74) is 5.29. The molecule has 1 saturated heterocycles. The molecule has 1 atom stereocenters. The van der Waals surface area contributed by atoms with E-state index < -0.39 is 15.8 Å². The molecule has 21 heavy (non-hydrogen) atoms. The summed E-state index contributed by atoms with van der Waals surface area (Å²) < 4.78 is 40.5. The van der Waals surface area contributed by atoms with Crippen LogP contribution in [-0.2, 0) is 10.0 Å². The van der Waals surface area contributed by atoms with Gasteiger partial charge in [0, 0.05) is 12.6 Å². The minimum absolute atomic E-state index is 0.0175. The van der Waals surface area contributed by atoms with Crippen molar-refractivity contribution >= 4 is 27.3 Å². The Morgan fingerprint density at radius 1 is 1.43 bits per heavy atom. The molecule has 1 aromatic carbocycles. The molecular weight excluding hydrogens is 315 g/mol. The van der Waals surface area contributed by atoms with Crippen LogP contribution in [0, 0.1) is 5.82 Å². The van der Waals surface area contributed by atoms with Crippen LogP contribution in [0.2, 0.25) is 5.02 Å². The van der Waals surface area contributed by atoms with Gasteiger partial charge in [0.25, 0.3) is 0 Å². The van der Waals surface area contributed by atoms with E-state index in [9.17, 15) is 12.8 Å². The molecular formula is C14H20ClFN2O2S. The first-order valence-corrected chi connectivity index (χ1v) is 8.96. The van der Waals surface area contributed by atoms with Gasteiger partial charge in [-0.15, -0.1) is 0 Å². The predicted octanol–water partition coefficient (Wildman–Crippen LogP) is 3.40. The van der Waals surface area contributed by atoms with Crippen molar-refractivity contribution in [3.63, 3.8) is 0 Å². The van der Waals surface area contributed by atoms with E-state index in [0.717, 1.165) is 44.2 Å². The quantitative estimate of drug-likeness (QED) is 0.858. The van der Waals surface area contributed by atoms with Crippen LogP contribution in [0.15, 0.2) is 17.0 Å². The number of hydrogen-bond acceptors (Lipinski definition) is 3. The fourth-order valence-corrected chi connectivity index (χ4v) is 5.03. The smallest absolute Gasteiger partial charge is 0.244 e. The number of halogens is 2. The predicted molar refractivity (Wildman–Crippen MR) is 82.3 cm³/mol. The average Bonchev–Trinajstić information content (AvgIpc) is 2.43. The van der Waals surface area contributed by atoms with Crippen LogP contribution in [0.3, 0.4) is 0 Å². The molecule has 118 valence electrons. The molecule has 0 amide bonds. The molecule has 2 rings (SSSR count). The zero-order valence-electron chi connectivity index (χ0n) is 12.0. The van der Waals surface area contributed by atoms with Gasteiger partial charge in [0.2, 0.25) is 10.0 Å². The van der Waals surface area contributed by atoms with Gasteiger partial charge in [-0.25, -0.2) is 12.8 Å². The summed E-state index contributed by atoms with van der Waals surface area (Å²) in [7, 11) is -3.75. The molecule has 1 unspecified atom stereocenters. The van der Waals surface area contributed by atoms with E-state index in [1.165, 1.54) is 4.31 Å². The highest BCUT2D eigenvalue weighted by Gasteiger charge is 2.34. The largest absolute Gasteiger partial charge is 0.396 e. The Kier molecular flexibility index (Phi) is 5.11. The maximum Gasteiger partial charge on any atom is 0.244 e. The van der Waals surface area contributed by atoms with E-state index in [-0.39, 0.29) is 21.6 Å². The van der Waals surface area contributed by atoms with E-state index in [1.807, 2.05) is 6.92 Å². The molecule has 1 heterocycles. The highest BCUT2D eigenvalue weighted by atomic mass is 35.5. The average molecular weight is 335 g/mol. The molecule has 1 aliphatic heterocycles. The first kappa shape index (κ1) is 16.5. The lowest BCUT2D eigenvalue weighted by Gasteiger charge is -2.34. The van der Waals surface area contributed by atoms with Crippen LogP contribution < -0.4 is 5.73 Å². The van der Waals surface area contributed by atoms with Crippen LogP contribution in [0.5, 0.6) is 0 Å². The monoisotopic (exact) mass is 334 g/mol. The number of rotatable bonds is 4. The van der Waals surface area contributed by atoms with Gasteiger partial charge in [0.15, 0.2) is 0 Å². The summed E-state index contributed by atoms with van der Waals surface area (Å²) >= 11 is 5.93. The molecule has 1 aliphatic rings. The second kappa shape index (κ2) is 6.50. The third-order valence-corrected chi connectivity index (χ3v) is 6.25. The van der Waals surface area contributed by atoms with Crippen LogP contribution >= 0.6 is 11.6 Å². The van der Waals surface area contributed by atoms with Crippen molar-refractivity contribution in [1.29, 1.82) is 0 Å². The standard InChI is InChI=1S/C14H20ClFN2O2S/c1-2-5-10-6-3-4-7-18(10)21(19,20)14-9-13(17)12(16)8-11(14)15/h8-10H,2-7,17H2,1H3. The molecule has 0 bridgehead atoms. The first-order valence-electron chi connectivity index (χ1n) is 7.14. The van der Waals surface area contributed by atoms with Crippen molar-refractivity contribution in [2.45, 2.75) is 50.0 Å². The Bertz CT molecular complexity index is 620. The maximum atomic E-state index is 13.4. The minimum Gasteiger partial charge on any atom is -0.396 e. The van der Waals surface area contributed by atoms with Crippen molar-refractivity contribution in [2.24, 2.45) is 0 Å². The van der Waals surface area contributed by atoms with Gasteiger partial charge in [0.1, 0.15) is 10.7 Å². The Morgan fingerprint density at radius 3 is 2.81 bits per heavy atom. The van der Waals surface area contributed by atoms with Crippen LogP contribution in [0.1, 0.15) is 39.0 Å². The molecule has 7 heteroatoms. The van der Waals surface area contributed by atoms with E-state index in [0.29, 0.717) is 6.54 Å². The minimum atomic E-state index is -3.75. The highest BCUT2D eigenvalue weighted by molar-refractivity contribution is 7.89. The Labute approximate surface area is 130 Å². The van der Waals surface area contributed by atoms with Crippen molar-refractivity contribution in [3.8, 4) is 0 Å². The fraction of sp³-hybridized carbons (Fsp3) is 0.571. The Hall–Kier alpha value is -0.850. The van der Waals surface area contributed by atoms with E-state index in [1.54, 1.807) is 0 Å². The number of piperidine rings is 1. The van der Waals surface area contributed by atoms with Gasteiger partial charge in [0.05, 0.1) is 10.7 Å². The number of benzene rings is 1. The summed E-state index contributed by atoms with van der Waals surface area (Å²) in [4.78, 5) is -0.105. The highest BCUT2D eigenvalue weighted by Crippen LogP contribution is 2.33. The molecule has 2 N–H and O–H groups in total. The maximum absolute atomic E-state index is 13.4. The molecule has 0 spiro atoms. The van der Waals surface area contributed by atoms with Crippen molar-refractivity contribution in [3.05, 3.63) is 23.0 Å². The molecule has 0 aromatic heterocycles.